The van der Waals surface area contributed by atoms with Crippen molar-refractivity contribution >= 4 is 27.5 Å². The molecule has 4 aromatic rings. The summed E-state index contributed by atoms with van der Waals surface area (Å²) in [5, 5.41) is 4.93. The van der Waals surface area contributed by atoms with Crippen molar-refractivity contribution in [2.24, 2.45) is 0 Å². The van der Waals surface area contributed by atoms with E-state index in [-0.39, 0.29) is 11.5 Å². The first kappa shape index (κ1) is 21.0. The number of thiophene rings is 1. The lowest BCUT2D eigenvalue weighted by atomic mass is 10.1. The smallest absolute Gasteiger partial charge is 0.260 e. The Bertz CT molecular complexity index is 1220. The molecular formula is C24H24N4O2S. The van der Waals surface area contributed by atoms with Gasteiger partial charge in [0, 0.05) is 25.0 Å². The van der Waals surface area contributed by atoms with Crippen LogP contribution in [0.1, 0.15) is 34.0 Å². The number of aromatic amines is 1. The molecule has 0 atom stereocenters. The van der Waals surface area contributed by atoms with Gasteiger partial charge in [0.25, 0.3) is 11.5 Å². The number of hydrogen-bond donors (Lipinski definition) is 2. The van der Waals surface area contributed by atoms with Crippen molar-refractivity contribution in [3.63, 3.8) is 0 Å². The highest BCUT2D eigenvalue weighted by molar-refractivity contribution is 7.17. The van der Waals surface area contributed by atoms with Crippen LogP contribution in [0.5, 0.6) is 0 Å². The molecule has 1 amide bonds. The molecule has 4 rings (SSSR count). The first-order valence-electron chi connectivity index (χ1n) is 10.2. The molecule has 31 heavy (non-hydrogen) atoms. The second-order valence-electron chi connectivity index (χ2n) is 7.35. The topological polar surface area (TPSA) is 78.1 Å². The van der Waals surface area contributed by atoms with Crippen LogP contribution in [0.3, 0.4) is 0 Å². The lowest BCUT2D eigenvalue weighted by Gasteiger charge is -2.20. The van der Waals surface area contributed by atoms with Gasteiger partial charge in [0.1, 0.15) is 4.83 Å². The Hall–Kier alpha value is -3.29. The van der Waals surface area contributed by atoms with Crippen LogP contribution in [0.4, 0.5) is 0 Å². The minimum Gasteiger partial charge on any atom is -0.348 e. The van der Waals surface area contributed by atoms with Crippen molar-refractivity contribution in [2.45, 2.75) is 26.6 Å². The third-order valence-corrected chi connectivity index (χ3v) is 6.09. The van der Waals surface area contributed by atoms with E-state index in [4.69, 9.17) is 0 Å². The zero-order chi connectivity index (χ0) is 21.6. The van der Waals surface area contributed by atoms with Crippen molar-refractivity contribution in [1.29, 1.82) is 0 Å². The van der Waals surface area contributed by atoms with E-state index in [0.717, 1.165) is 25.2 Å². The quantitative estimate of drug-likeness (QED) is 0.442. The fraction of sp³-hybridized carbons (Fsp3) is 0.208. The summed E-state index contributed by atoms with van der Waals surface area (Å²) >= 11 is 1.29. The lowest BCUT2D eigenvalue weighted by molar-refractivity contribution is 0.0953. The maximum atomic E-state index is 12.6. The lowest BCUT2D eigenvalue weighted by Crippen LogP contribution is -2.24. The number of amides is 1. The van der Waals surface area contributed by atoms with Crippen molar-refractivity contribution in [1.82, 2.24) is 20.2 Å². The number of benzene rings is 2. The van der Waals surface area contributed by atoms with Crippen molar-refractivity contribution in [2.75, 3.05) is 6.54 Å². The molecule has 2 N–H and O–H groups in total. The molecule has 0 saturated carbocycles. The van der Waals surface area contributed by atoms with Crippen LogP contribution >= 0.6 is 11.3 Å². The first-order chi connectivity index (χ1) is 15.1. The van der Waals surface area contributed by atoms with Crippen molar-refractivity contribution in [3.05, 3.63) is 98.9 Å². The van der Waals surface area contributed by atoms with Gasteiger partial charge in [0.2, 0.25) is 0 Å². The monoisotopic (exact) mass is 432 g/mol. The maximum absolute atomic E-state index is 12.6. The molecule has 6 nitrogen and oxygen atoms in total. The predicted molar refractivity (Wildman–Crippen MR) is 124 cm³/mol. The molecule has 0 unspecified atom stereocenters. The van der Waals surface area contributed by atoms with E-state index < -0.39 is 0 Å². The van der Waals surface area contributed by atoms with Crippen LogP contribution in [-0.4, -0.2) is 27.3 Å². The maximum Gasteiger partial charge on any atom is 0.260 e. The fourth-order valence-corrected chi connectivity index (χ4v) is 4.36. The van der Waals surface area contributed by atoms with Gasteiger partial charge in [0.05, 0.1) is 17.3 Å². The normalized spacial score (nSPS) is 11.2. The molecule has 7 heteroatoms. The molecule has 0 radical (unpaired) electrons. The number of rotatable bonds is 8. The largest absolute Gasteiger partial charge is 0.348 e. The molecule has 0 bridgehead atoms. The van der Waals surface area contributed by atoms with Crippen LogP contribution in [0.15, 0.2) is 71.1 Å². The van der Waals surface area contributed by atoms with E-state index in [1.807, 2.05) is 18.2 Å². The van der Waals surface area contributed by atoms with Gasteiger partial charge in [-0.15, -0.1) is 11.3 Å². The summed E-state index contributed by atoms with van der Waals surface area (Å²) in [7, 11) is 0. The van der Waals surface area contributed by atoms with Gasteiger partial charge in [-0.05, 0) is 23.2 Å². The molecule has 2 heterocycles. The molecule has 0 fully saturated rings. The summed E-state index contributed by atoms with van der Waals surface area (Å²) in [6, 6.07) is 18.7. The fourth-order valence-electron chi connectivity index (χ4n) is 3.47. The van der Waals surface area contributed by atoms with Crippen LogP contribution in [0.25, 0.3) is 10.2 Å². The summed E-state index contributed by atoms with van der Waals surface area (Å²) in [6.07, 6.45) is 1.35. The average molecular weight is 433 g/mol. The Kier molecular flexibility index (Phi) is 6.54. The Morgan fingerprint density at radius 3 is 2.42 bits per heavy atom. The zero-order valence-electron chi connectivity index (χ0n) is 17.3. The molecule has 0 aliphatic carbocycles. The molecule has 0 saturated heterocycles. The third kappa shape index (κ3) is 5.07. The van der Waals surface area contributed by atoms with Gasteiger partial charge in [-0.1, -0.05) is 61.5 Å². The Morgan fingerprint density at radius 1 is 1.03 bits per heavy atom. The van der Waals surface area contributed by atoms with Crippen molar-refractivity contribution < 1.29 is 4.79 Å². The molecule has 2 aromatic heterocycles. The number of aromatic nitrogens is 2. The summed E-state index contributed by atoms with van der Waals surface area (Å²) in [4.78, 5) is 34.2. The van der Waals surface area contributed by atoms with Crippen LogP contribution in [0, 0.1) is 0 Å². The molecule has 0 aliphatic heterocycles. The van der Waals surface area contributed by atoms with Crippen LogP contribution in [-0.2, 0) is 19.6 Å². The van der Waals surface area contributed by atoms with E-state index >= 15 is 0 Å². The SMILES string of the molecule is CCN(Cc1ccccc1)Cc1ccc(CNC(=O)c2csc3nc[nH]c(=O)c23)cc1. The van der Waals surface area contributed by atoms with E-state index in [1.54, 1.807) is 5.38 Å². The number of H-pyrrole nitrogens is 1. The van der Waals surface area contributed by atoms with Crippen LogP contribution < -0.4 is 10.9 Å². The molecule has 158 valence electrons. The van der Waals surface area contributed by atoms with Gasteiger partial charge in [-0.2, -0.15) is 0 Å². The van der Waals surface area contributed by atoms with E-state index in [0.29, 0.717) is 22.3 Å². The Balaban J connectivity index is 1.36. The average Bonchev–Trinajstić information content (AvgIpc) is 3.24. The standard InChI is InChI=1S/C24H24N4O2S/c1-2-28(13-18-6-4-3-5-7-18)14-19-10-8-17(9-11-19)12-25-22(29)20-15-31-24-21(20)23(30)26-16-27-24/h3-11,15-16H,2,12-14H2,1H3,(H,25,29)(H,26,27,30). The number of carbonyl (C=O) groups is 1. The number of nitrogens with one attached hydrogen (secondary N) is 2. The summed E-state index contributed by atoms with van der Waals surface area (Å²) in [6.45, 7) is 5.32. The predicted octanol–water partition coefficient (Wildman–Crippen LogP) is 3.94. The number of carbonyl (C=O) groups excluding carboxylic acids is 1. The van der Waals surface area contributed by atoms with E-state index in [2.05, 4.69) is 63.5 Å². The van der Waals surface area contributed by atoms with E-state index in [9.17, 15) is 9.59 Å². The zero-order valence-corrected chi connectivity index (χ0v) is 18.1. The minimum absolute atomic E-state index is 0.270. The molecule has 0 aliphatic rings. The third-order valence-electron chi connectivity index (χ3n) is 5.20. The van der Waals surface area contributed by atoms with Gasteiger partial charge in [0.15, 0.2) is 0 Å². The first-order valence-corrected chi connectivity index (χ1v) is 11.1. The van der Waals surface area contributed by atoms with Gasteiger partial charge in [-0.25, -0.2) is 4.98 Å². The Morgan fingerprint density at radius 2 is 1.71 bits per heavy atom. The summed E-state index contributed by atoms with van der Waals surface area (Å²) in [5.74, 6) is -0.270. The second-order valence-corrected chi connectivity index (χ2v) is 8.21. The van der Waals surface area contributed by atoms with Gasteiger partial charge < -0.3 is 10.3 Å². The van der Waals surface area contributed by atoms with Gasteiger partial charge >= 0.3 is 0 Å². The second kappa shape index (κ2) is 9.68. The van der Waals surface area contributed by atoms with E-state index in [1.165, 1.54) is 28.8 Å². The van der Waals surface area contributed by atoms with Gasteiger partial charge in [-0.3, -0.25) is 14.5 Å². The Labute approximate surface area is 184 Å². The van der Waals surface area contributed by atoms with Crippen molar-refractivity contribution in [3.8, 4) is 0 Å². The van der Waals surface area contributed by atoms with Crippen LogP contribution in [0.2, 0.25) is 0 Å². The highest BCUT2D eigenvalue weighted by Gasteiger charge is 2.15. The molecule has 2 aromatic carbocycles. The number of nitrogens with zero attached hydrogens (tertiary/aromatic N) is 2. The highest BCUT2D eigenvalue weighted by Crippen LogP contribution is 2.20. The minimum atomic E-state index is -0.295. The summed E-state index contributed by atoms with van der Waals surface area (Å²) in [5.41, 5.74) is 3.62. The highest BCUT2D eigenvalue weighted by atomic mass is 32.1. The number of hydrogen-bond acceptors (Lipinski definition) is 5. The molecule has 0 spiro atoms. The summed E-state index contributed by atoms with van der Waals surface area (Å²) < 4.78 is 0. The molecular weight excluding hydrogens is 408 g/mol. The number of fused-ring (bicyclic) bond motifs is 1.